The molecule has 3 aliphatic rings. The van der Waals surface area contributed by atoms with E-state index in [1.54, 1.807) is 11.0 Å². The monoisotopic (exact) mass is 436 g/mol. The molecule has 0 aromatic rings. The quantitative estimate of drug-likeness (QED) is 0.561. The smallest absolute Gasteiger partial charge is 0.310 e. The minimum absolute atomic E-state index is 0.179. The van der Waals surface area contributed by atoms with Gasteiger partial charge in [-0.1, -0.05) is 19.9 Å². The minimum Gasteiger partial charge on any atom is -0.481 e. The second-order valence-electron chi connectivity index (χ2n) is 10.5. The average molecular weight is 437 g/mol. The van der Waals surface area contributed by atoms with Crippen molar-refractivity contribution < 1.29 is 29.3 Å². The zero-order chi connectivity index (χ0) is 23.3. The molecule has 3 rings (SSSR count). The summed E-state index contributed by atoms with van der Waals surface area (Å²) in [6.07, 6.45) is 2.54. The highest BCUT2D eigenvalue weighted by Crippen LogP contribution is 2.59. The molecule has 3 fully saturated rings. The Balaban J connectivity index is 2.13. The number of ether oxygens (including phenoxy) is 1. The van der Waals surface area contributed by atoms with Gasteiger partial charge in [-0.15, -0.1) is 6.58 Å². The van der Waals surface area contributed by atoms with Crippen molar-refractivity contribution in [1.82, 2.24) is 9.80 Å². The Hall–Kier alpha value is -1.93. The van der Waals surface area contributed by atoms with Gasteiger partial charge in [0.05, 0.1) is 30.6 Å². The van der Waals surface area contributed by atoms with Crippen LogP contribution in [0.25, 0.3) is 0 Å². The van der Waals surface area contributed by atoms with Crippen molar-refractivity contribution in [2.45, 2.75) is 83.2 Å². The third-order valence-electron chi connectivity index (χ3n) is 6.99. The predicted octanol–water partition coefficient (Wildman–Crippen LogP) is 1.67. The van der Waals surface area contributed by atoms with E-state index in [1.165, 1.54) is 4.90 Å². The number of carboxylic acids is 1. The van der Waals surface area contributed by atoms with Crippen molar-refractivity contribution in [3.8, 4) is 0 Å². The van der Waals surface area contributed by atoms with Crippen LogP contribution in [0.2, 0.25) is 0 Å². The summed E-state index contributed by atoms with van der Waals surface area (Å²) in [5, 5.41) is 20.0. The maximum Gasteiger partial charge on any atom is 0.310 e. The summed E-state index contributed by atoms with van der Waals surface area (Å²) in [5.41, 5.74) is -1.71. The molecule has 6 atom stereocenters. The lowest BCUT2D eigenvalue weighted by molar-refractivity contribution is -0.155. The van der Waals surface area contributed by atoms with Gasteiger partial charge in [0.15, 0.2) is 0 Å². The Morgan fingerprint density at radius 1 is 1.39 bits per heavy atom. The van der Waals surface area contributed by atoms with Crippen LogP contribution in [-0.2, 0) is 19.1 Å². The molecule has 0 aliphatic carbocycles. The molecule has 0 aromatic carbocycles. The van der Waals surface area contributed by atoms with Crippen molar-refractivity contribution >= 4 is 17.8 Å². The normalized spacial score (nSPS) is 33.0. The standard InChI is InChI=1S/C23H36N2O6/c1-7-10-24(22(4,5)6)20(28)18-23-9-8-15(31-23)16(21(29)30)17(23)19(27)25(18)14(12-26)11-13(2)3/h7,13-18,26H,1,8-12H2,2-6H3,(H,29,30)/t14-,15+,16-,17+,18?,23?/m1/s1. The van der Waals surface area contributed by atoms with Crippen molar-refractivity contribution in [2.24, 2.45) is 17.8 Å². The third-order valence-corrected chi connectivity index (χ3v) is 6.99. The third kappa shape index (κ3) is 3.67. The van der Waals surface area contributed by atoms with E-state index in [-0.39, 0.29) is 24.3 Å². The van der Waals surface area contributed by atoms with Crippen molar-refractivity contribution in [2.75, 3.05) is 13.2 Å². The highest BCUT2D eigenvalue weighted by molar-refractivity contribution is 5.98. The first-order chi connectivity index (χ1) is 14.4. The SMILES string of the molecule is C=CCN(C(=O)C1N([C@@H](CO)CC(C)C)C(=O)[C@@H]2[C@H](C(=O)O)[C@@H]3CCC12O3)C(C)(C)C. The maximum atomic E-state index is 14.0. The van der Waals surface area contributed by atoms with Gasteiger partial charge in [0.25, 0.3) is 0 Å². The molecule has 1 spiro atoms. The van der Waals surface area contributed by atoms with Gasteiger partial charge in [0.2, 0.25) is 11.8 Å². The molecule has 3 aliphatic heterocycles. The van der Waals surface area contributed by atoms with Gasteiger partial charge in [-0.05, 0) is 46.0 Å². The van der Waals surface area contributed by atoms with E-state index in [9.17, 15) is 24.6 Å². The zero-order valence-corrected chi connectivity index (χ0v) is 19.2. The van der Waals surface area contributed by atoms with E-state index in [4.69, 9.17) is 4.74 Å². The second kappa shape index (κ2) is 8.20. The molecule has 0 aromatic heterocycles. The molecule has 174 valence electrons. The number of aliphatic hydroxyl groups excluding tert-OH is 1. The minimum atomic E-state index is -1.17. The molecule has 3 saturated heterocycles. The van der Waals surface area contributed by atoms with Crippen LogP contribution in [0.3, 0.4) is 0 Å². The molecule has 8 heteroatoms. The molecule has 2 bridgehead atoms. The molecule has 3 heterocycles. The first-order valence-corrected chi connectivity index (χ1v) is 11.2. The van der Waals surface area contributed by atoms with E-state index >= 15 is 0 Å². The number of carbonyl (C=O) groups excluding carboxylic acids is 2. The summed E-state index contributed by atoms with van der Waals surface area (Å²) in [7, 11) is 0. The van der Waals surface area contributed by atoms with Crippen molar-refractivity contribution in [3.05, 3.63) is 12.7 Å². The Kier molecular flexibility index (Phi) is 6.28. The molecule has 2 N–H and O–H groups in total. The number of aliphatic hydroxyl groups is 1. The topological polar surface area (TPSA) is 107 Å². The van der Waals surface area contributed by atoms with Crippen LogP contribution in [-0.4, -0.2) is 80.3 Å². The van der Waals surface area contributed by atoms with Gasteiger partial charge in [-0.25, -0.2) is 0 Å². The number of amides is 2. The lowest BCUT2D eigenvalue weighted by Crippen LogP contribution is -2.61. The van der Waals surface area contributed by atoms with Gasteiger partial charge < -0.3 is 24.7 Å². The molecule has 0 radical (unpaired) electrons. The zero-order valence-electron chi connectivity index (χ0n) is 19.2. The highest BCUT2D eigenvalue weighted by Gasteiger charge is 2.75. The van der Waals surface area contributed by atoms with Crippen molar-refractivity contribution in [3.63, 3.8) is 0 Å². The Labute approximate surface area is 184 Å². The van der Waals surface area contributed by atoms with Gasteiger partial charge >= 0.3 is 5.97 Å². The van der Waals surface area contributed by atoms with Crippen LogP contribution in [0, 0.1) is 17.8 Å². The summed E-state index contributed by atoms with van der Waals surface area (Å²) < 4.78 is 6.23. The summed E-state index contributed by atoms with van der Waals surface area (Å²) in [4.78, 5) is 42.9. The van der Waals surface area contributed by atoms with E-state index < -0.39 is 47.1 Å². The molecule has 2 amide bonds. The van der Waals surface area contributed by atoms with Crippen molar-refractivity contribution in [1.29, 1.82) is 0 Å². The predicted molar refractivity (Wildman–Crippen MR) is 114 cm³/mol. The molecule has 0 saturated carbocycles. The van der Waals surface area contributed by atoms with E-state index in [0.29, 0.717) is 25.8 Å². The number of fused-ring (bicyclic) bond motifs is 1. The summed E-state index contributed by atoms with van der Waals surface area (Å²) in [6, 6.07) is -1.54. The van der Waals surface area contributed by atoms with Gasteiger partial charge in [-0.2, -0.15) is 0 Å². The van der Waals surface area contributed by atoms with Gasteiger partial charge in [0, 0.05) is 12.1 Å². The Morgan fingerprint density at radius 2 is 2.03 bits per heavy atom. The van der Waals surface area contributed by atoms with E-state index in [1.807, 2.05) is 34.6 Å². The molecule has 2 unspecified atom stereocenters. The van der Waals surface area contributed by atoms with Gasteiger partial charge in [-0.3, -0.25) is 14.4 Å². The molecule has 31 heavy (non-hydrogen) atoms. The number of hydrogen-bond acceptors (Lipinski definition) is 5. The molecular formula is C23H36N2O6. The number of rotatable bonds is 8. The Bertz CT molecular complexity index is 760. The summed E-state index contributed by atoms with van der Waals surface area (Å²) in [5.74, 6) is -3.44. The van der Waals surface area contributed by atoms with Crippen LogP contribution < -0.4 is 0 Å². The number of likely N-dealkylation sites (tertiary alicyclic amines) is 1. The molecular weight excluding hydrogens is 400 g/mol. The number of carbonyl (C=O) groups is 3. The number of hydrogen-bond donors (Lipinski definition) is 2. The van der Waals surface area contributed by atoms with Crippen LogP contribution >= 0.6 is 0 Å². The van der Waals surface area contributed by atoms with E-state index in [2.05, 4.69) is 6.58 Å². The second-order valence-corrected chi connectivity index (χ2v) is 10.5. The highest BCUT2D eigenvalue weighted by atomic mass is 16.5. The summed E-state index contributed by atoms with van der Waals surface area (Å²) >= 11 is 0. The average Bonchev–Trinajstić information content (AvgIpc) is 3.30. The van der Waals surface area contributed by atoms with Crippen LogP contribution in [0.15, 0.2) is 12.7 Å². The lowest BCUT2D eigenvalue weighted by atomic mass is 9.70. The Morgan fingerprint density at radius 3 is 2.52 bits per heavy atom. The van der Waals surface area contributed by atoms with Gasteiger partial charge in [0.1, 0.15) is 11.6 Å². The van der Waals surface area contributed by atoms with Crippen LogP contribution in [0.1, 0.15) is 53.9 Å². The lowest BCUT2D eigenvalue weighted by Gasteiger charge is -2.43. The van der Waals surface area contributed by atoms with Crippen LogP contribution in [0.5, 0.6) is 0 Å². The fourth-order valence-corrected chi connectivity index (χ4v) is 5.84. The molecule has 8 nitrogen and oxygen atoms in total. The summed E-state index contributed by atoms with van der Waals surface area (Å²) in [6.45, 7) is 13.5. The number of nitrogens with zero attached hydrogens (tertiary/aromatic N) is 2. The fraction of sp³-hybridized carbons (Fsp3) is 0.783. The number of aliphatic carboxylic acids is 1. The van der Waals surface area contributed by atoms with E-state index in [0.717, 1.165) is 0 Å². The van der Waals surface area contributed by atoms with Crippen LogP contribution in [0.4, 0.5) is 0 Å². The fourth-order valence-electron chi connectivity index (χ4n) is 5.84. The first-order valence-electron chi connectivity index (χ1n) is 11.2. The maximum absolute atomic E-state index is 14.0. The largest absolute Gasteiger partial charge is 0.481 e. The first kappa shape index (κ1) is 23.7. The number of carboxylic acid groups (broad SMARTS) is 1.